The molecule has 2 rings (SSSR count). The number of piperazine rings is 1. The first-order valence-corrected chi connectivity index (χ1v) is 7.07. The molecule has 2 aliphatic heterocycles. The van der Waals surface area contributed by atoms with Crippen molar-refractivity contribution in [1.82, 2.24) is 20.0 Å². The highest BCUT2D eigenvalue weighted by Gasteiger charge is 2.24. The van der Waals surface area contributed by atoms with E-state index in [1.165, 1.54) is 65.2 Å². The lowest BCUT2D eigenvalue weighted by Crippen LogP contribution is -2.54. The SMILES string of the molecule is CN1CCN(C)C(CN2CCCNCCC2)C1. The first-order valence-electron chi connectivity index (χ1n) is 7.07. The lowest BCUT2D eigenvalue weighted by atomic mass is 10.1. The highest BCUT2D eigenvalue weighted by Crippen LogP contribution is 2.09. The summed E-state index contributed by atoms with van der Waals surface area (Å²) in [4.78, 5) is 7.68. The summed E-state index contributed by atoms with van der Waals surface area (Å²) in [6, 6.07) is 0.723. The van der Waals surface area contributed by atoms with Gasteiger partial charge in [-0.25, -0.2) is 0 Å². The van der Waals surface area contributed by atoms with Gasteiger partial charge in [-0.2, -0.15) is 0 Å². The fourth-order valence-corrected chi connectivity index (χ4v) is 2.87. The molecule has 0 aromatic rings. The molecule has 2 fully saturated rings. The molecule has 0 saturated carbocycles. The summed E-state index contributed by atoms with van der Waals surface area (Å²) in [6.45, 7) is 9.83. The molecular formula is C13H28N4. The third kappa shape index (κ3) is 4.21. The zero-order chi connectivity index (χ0) is 12.1. The van der Waals surface area contributed by atoms with Crippen LogP contribution < -0.4 is 5.32 Å². The molecule has 4 heteroatoms. The minimum absolute atomic E-state index is 0.723. The van der Waals surface area contributed by atoms with Gasteiger partial charge in [0.25, 0.3) is 0 Å². The van der Waals surface area contributed by atoms with E-state index in [9.17, 15) is 0 Å². The summed E-state index contributed by atoms with van der Waals surface area (Å²) < 4.78 is 0. The van der Waals surface area contributed by atoms with Gasteiger partial charge < -0.3 is 15.1 Å². The van der Waals surface area contributed by atoms with Gasteiger partial charge in [0.15, 0.2) is 0 Å². The second-order valence-electron chi connectivity index (χ2n) is 5.65. The molecule has 1 unspecified atom stereocenters. The highest BCUT2D eigenvalue weighted by atomic mass is 15.3. The van der Waals surface area contributed by atoms with Gasteiger partial charge in [-0.1, -0.05) is 0 Å². The van der Waals surface area contributed by atoms with Gasteiger partial charge in [-0.3, -0.25) is 4.90 Å². The van der Waals surface area contributed by atoms with Gasteiger partial charge in [0, 0.05) is 32.2 Å². The smallest absolute Gasteiger partial charge is 0.0347 e. The number of rotatable bonds is 2. The van der Waals surface area contributed by atoms with E-state index in [-0.39, 0.29) is 0 Å². The van der Waals surface area contributed by atoms with Crippen molar-refractivity contribution in [3.63, 3.8) is 0 Å². The van der Waals surface area contributed by atoms with Crippen molar-refractivity contribution < 1.29 is 0 Å². The van der Waals surface area contributed by atoms with Crippen LogP contribution in [0.2, 0.25) is 0 Å². The Labute approximate surface area is 106 Å². The van der Waals surface area contributed by atoms with Gasteiger partial charge in [0.1, 0.15) is 0 Å². The molecule has 0 spiro atoms. The van der Waals surface area contributed by atoms with Crippen LogP contribution in [0.3, 0.4) is 0 Å². The lowest BCUT2D eigenvalue weighted by Gasteiger charge is -2.40. The molecule has 100 valence electrons. The molecule has 0 radical (unpaired) electrons. The Morgan fingerprint density at radius 3 is 2.41 bits per heavy atom. The van der Waals surface area contributed by atoms with Gasteiger partial charge in [-0.15, -0.1) is 0 Å². The van der Waals surface area contributed by atoms with E-state index < -0.39 is 0 Å². The monoisotopic (exact) mass is 240 g/mol. The highest BCUT2D eigenvalue weighted by molar-refractivity contribution is 4.82. The largest absolute Gasteiger partial charge is 0.317 e. The maximum absolute atomic E-state index is 3.48. The Morgan fingerprint density at radius 1 is 1.00 bits per heavy atom. The fraction of sp³-hybridized carbons (Fsp3) is 1.00. The van der Waals surface area contributed by atoms with Crippen LogP contribution >= 0.6 is 0 Å². The van der Waals surface area contributed by atoms with E-state index in [2.05, 4.69) is 34.1 Å². The number of hydrogen-bond acceptors (Lipinski definition) is 4. The van der Waals surface area contributed by atoms with Gasteiger partial charge in [0.2, 0.25) is 0 Å². The number of nitrogens with one attached hydrogen (secondary N) is 1. The van der Waals surface area contributed by atoms with Crippen LogP contribution in [0.25, 0.3) is 0 Å². The molecule has 0 amide bonds. The molecule has 1 atom stereocenters. The van der Waals surface area contributed by atoms with Crippen LogP contribution in [-0.4, -0.2) is 87.2 Å². The minimum Gasteiger partial charge on any atom is -0.317 e. The van der Waals surface area contributed by atoms with Crippen molar-refractivity contribution >= 4 is 0 Å². The molecule has 0 aliphatic carbocycles. The average molecular weight is 240 g/mol. The Hall–Kier alpha value is -0.160. The van der Waals surface area contributed by atoms with Gasteiger partial charge >= 0.3 is 0 Å². The summed E-state index contributed by atoms with van der Waals surface area (Å²) in [5, 5.41) is 3.48. The fourth-order valence-electron chi connectivity index (χ4n) is 2.87. The van der Waals surface area contributed by atoms with E-state index in [4.69, 9.17) is 0 Å². The van der Waals surface area contributed by atoms with Crippen LogP contribution in [0, 0.1) is 0 Å². The van der Waals surface area contributed by atoms with Crippen molar-refractivity contribution in [3.8, 4) is 0 Å². The van der Waals surface area contributed by atoms with Crippen molar-refractivity contribution in [2.24, 2.45) is 0 Å². The Morgan fingerprint density at radius 2 is 1.71 bits per heavy atom. The van der Waals surface area contributed by atoms with Crippen LogP contribution in [0.4, 0.5) is 0 Å². The van der Waals surface area contributed by atoms with E-state index in [1.807, 2.05) is 0 Å². The number of hydrogen-bond donors (Lipinski definition) is 1. The number of nitrogens with zero attached hydrogens (tertiary/aromatic N) is 3. The Bertz CT molecular complexity index is 213. The molecule has 1 N–H and O–H groups in total. The number of likely N-dealkylation sites (N-methyl/N-ethyl adjacent to an activating group) is 2. The molecule has 0 aromatic carbocycles. The van der Waals surface area contributed by atoms with E-state index >= 15 is 0 Å². The van der Waals surface area contributed by atoms with Crippen molar-refractivity contribution in [2.75, 3.05) is 66.5 Å². The van der Waals surface area contributed by atoms with E-state index in [0.717, 1.165) is 6.04 Å². The van der Waals surface area contributed by atoms with Crippen LogP contribution in [-0.2, 0) is 0 Å². The zero-order valence-electron chi connectivity index (χ0n) is 11.5. The van der Waals surface area contributed by atoms with Crippen LogP contribution in [0.1, 0.15) is 12.8 Å². The molecular weight excluding hydrogens is 212 g/mol. The topological polar surface area (TPSA) is 21.8 Å². The van der Waals surface area contributed by atoms with Crippen molar-refractivity contribution in [1.29, 1.82) is 0 Å². The van der Waals surface area contributed by atoms with Gasteiger partial charge in [-0.05, 0) is 53.1 Å². The molecule has 2 saturated heterocycles. The summed E-state index contributed by atoms with van der Waals surface area (Å²) in [5.74, 6) is 0. The van der Waals surface area contributed by atoms with Crippen molar-refractivity contribution in [3.05, 3.63) is 0 Å². The van der Waals surface area contributed by atoms with Crippen molar-refractivity contribution in [2.45, 2.75) is 18.9 Å². The normalized spacial score (nSPS) is 31.1. The molecule has 0 aromatic heterocycles. The molecule has 2 aliphatic rings. The first-order chi connectivity index (χ1) is 8.25. The molecule has 2 heterocycles. The molecule has 17 heavy (non-hydrogen) atoms. The third-order valence-corrected chi connectivity index (χ3v) is 4.10. The Balaban J connectivity index is 1.80. The summed E-state index contributed by atoms with van der Waals surface area (Å²) in [6.07, 6.45) is 2.60. The molecule has 0 bridgehead atoms. The summed E-state index contributed by atoms with van der Waals surface area (Å²) in [5.41, 5.74) is 0. The summed E-state index contributed by atoms with van der Waals surface area (Å²) >= 11 is 0. The van der Waals surface area contributed by atoms with Crippen LogP contribution in [0.15, 0.2) is 0 Å². The lowest BCUT2D eigenvalue weighted by molar-refractivity contribution is 0.0802. The third-order valence-electron chi connectivity index (χ3n) is 4.10. The van der Waals surface area contributed by atoms with Gasteiger partial charge in [0.05, 0.1) is 0 Å². The predicted octanol–water partition coefficient (Wildman–Crippen LogP) is -0.0824. The maximum atomic E-state index is 3.48. The van der Waals surface area contributed by atoms with Crippen LogP contribution in [0.5, 0.6) is 0 Å². The maximum Gasteiger partial charge on any atom is 0.0347 e. The zero-order valence-corrected chi connectivity index (χ0v) is 11.5. The quantitative estimate of drug-likeness (QED) is 0.729. The minimum atomic E-state index is 0.723. The average Bonchev–Trinajstić information content (AvgIpc) is 2.27. The first kappa shape index (κ1) is 13.3. The second-order valence-corrected chi connectivity index (χ2v) is 5.65. The molecule has 4 nitrogen and oxygen atoms in total. The summed E-state index contributed by atoms with van der Waals surface area (Å²) in [7, 11) is 4.53. The van der Waals surface area contributed by atoms with E-state index in [0.29, 0.717) is 0 Å². The predicted molar refractivity (Wildman–Crippen MR) is 72.5 cm³/mol. The van der Waals surface area contributed by atoms with E-state index in [1.54, 1.807) is 0 Å². The second kappa shape index (κ2) is 6.69. The Kier molecular flexibility index (Phi) is 5.22. The standard InChI is InChI=1S/C13H28N4/c1-15-9-10-16(2)13(11-15)12-17-7-3-5-14-6-4-8-17/h13-14H,3-12H2,1-2H3.